The lowest BCUT2D eigenvalue weighted by molar-refractivity contribution is 0.225. The van der Waals surface area contributed by atoms with Crippen LogP contribution in [0.25, 0.3) is 0 Å². The van der Waals surface area contributed by atoms with Crippen LogP contribution in [0.3, 0.4) is 0 Å². The van der Waals surface area contributed by atoms with Crippen LogP contribution >= 0.6 is 0 Å². The SMILES string of the molecule is CCO[SiH](OCC)c1ccccc1.CO[SiH](OC)c1ccccc1. The Morgan fingerprint density at radius 3 is 1.33 bits per heavy atom. The van der Waals surface area contributed by atoms with Gasteiger partial charge in [-0.2, -0.15) is 0 Å². The van der Waals surface area contributed by atoms with Gasteiger partial charge in [0, 0.05) is 27.4 Å². The Bertz CT molecular complexity index is 515. The van der Waals surface area contributed by atoms with Crippen molar-refractivity contribution >= 4 is 28.9 Å². The molecule has 0 aliphatic heterocycles. The Morgan fingerprint density at radius 1 is 0.625 bits per heavy atom. The molecule has 2 aromatic carbocycles. The summed E-state index contributed by atoms with van der Waals surface area (Å²) in [5.41, 5.74) is 0. The van der Waals surface area contributed by atoms with Gasteiger partial charge in [0.2, 0.25) is 0 Å². The first-order chi connectivity index (χ1) is 11.8. The third-order valence-corrected chi connectivity index (χ3v) is 7.19. The van der Waals surface area contributed by atoms with Crippen molar-refractivity contribution in [3.8, 4) is 0 Å². The van der Waals surface area contributed by atoms with E-state index >= 15 is 0 Å². The summed E-state index contributed by atoms with van der Waals surface area (Å²) in [5.74, 6) is 0. The minimum Gasteiger partial charge on any atom is -0.397 e. The summed E-state index contributed by atoms with van der Waals surface area (Å²) in [6.07, 6.45) is 0. The molecule has 0 fully saturated rings. The lowest BCUT2D eigenvalue weighted by Gasteiger charge is -2.14. The van der Waals surface area contributed by atoms with Crippen molar-refractivity contribution in [1.82, 2.24) is 0 Å². The van der Waals surface area contributed by atoms with E-state index < -0.39 is 18.6 Å². The smallest absolute Gasteiger partial charge is 0.355 e. The van der Waals surface area contributed by atoms with Crippen LogP contribution in [0.1, 0.15) is 13.8 Å². The Balaban J connectivity index is 0.000000243. The highest BCUT2D eigenvalue weighted by atomic mass is 28.3. The number of hydrogen-bond acceptors (Lipinski definition) is 4. The average Bonchev–Trinajstić information content (AvgIpc) is 2.65. The van der Waals surface area contributed by atoms with Crippen LogP contribution in [0, 0.1) is 0 Å². The van der Waals surface area contributed by atoms with Gasteiger partial charge in [0.05, 0.1) is 0 Å². The van der Waals surface area contributed by atoms with Crippen molar-refractivity contribution in [2.45, 2.75) is 13.8 Å². The fourth-order valence-electron chi connectivity index (χ4n) is 2.13. The third-order valence-electron chi connectivity index (χ3n) is 3.21. The molecule has 0 amide bonds. The standard InChI is InChI=1S/C10H16O2Si.C8H12O2Si/c1-3-11-13(12-4-2)10-8-6-5-7-9-10;1-9-11(10-2)8-6-4-3-5-7-8/h5-9,13H,3-4H2,1-2H3;3-7,11H,1-2H3. The molecule has 0 N–H and O–H groups in total. The first kappa shape index (κ1) is 20.8. The van der Waals surface area contributed by atoms with Crippen molar-refractivity contribution in [1.29, 1.82) is 0 Å². The van der Waals surface area contributed by atoms with E-state index in [2.05, 4.69) is 12.1 Å². The number of rotatable bonds is 8. The van der Waals surface area contributed by atoms with E-state index in [1.165, 1.54) is 10.4 Å². The molecule has 0 bridgehead atoms. The van der Waals surface area contributed by atoms with Crippen molar-refractivity contribution in [3.05, 3.63) is 60.7 Å². The zero-order valence-corrected chi connectivity index (χ0v) is 17.3. The zero-order chi connectivity index (χ0) is 17.6. The van der Waals surface area contributed by atoms with E-state index in [1.54, 1.807) is 14.2 Å². The monoisotopic (exact) mass is 364 g/mol. The van der Waals surface area contributed by atoms with Crippen LogP contribution in [-0.2, 0) is 17.7 Å². The van der Waals surface area contributed by atoms with E-state index in [-0.39, 0.29) is 0 Å². The Labute approximate surface area is 149 Å². The van der Waals surface area contributed by atoms with E-state index in [4.69, 9.17) is 17.7 Å². The molecular weight excluding hydrogens is 336 g/mol. The van der Waals surface area contributed by atoms with Crippen LogP contribution in [0.15, 0.2) is 60.7 Å². The Morgan fingerprint density at radius 2 is 1.00 bits per heavy atom. The van der Waals surface area contributed by atoms with E-state index in [9.17, 15) is 0 Å². The summed E-state index contributed by atoms with van der Waals surface area (Å²) in [6, 6.07) is 20.2. The summed E-state index contributed by atoms with van der Waals surface area (Å²) >= 11 is 0. The summed E-state index contributed by atoms with van der Waals surface area (Å²) < 4.78 is 21.6. The van der Waals surface area contributed by atoms with Gasteiger partial charge < -0.3 is 17.7 Å². The summed E-state index contributed by atoms with van der Waals surface area (Å²) in [4.78, 5) is 0. The van der Waals surface area contributed by atoms with Gasteiger partial charge in [-0.1, -0.05) is 60.7 Å². The third kappa shape index (κ3) is 7.52. The minimum atomic E-state index is -1.59. The molecule has 4 nitrogen and oxygen atoms in total. The molecule has 0 spiro atoms. The Hall–Kier alpha value is -1.29. The molecule has 0 saturated carbocycles. The zero-order valence-electron chi connectivity index (χ0n) is 15.0. The molecule has 24 heavy (non-hydrogen) atoms. The highest BCUT2D eigenvalue weighted by Gasteiger charge is 2.14. The molecule has 0 aromatic heterocycles. The van der Waals surface area contributed by atoms with Gasteiger partial charge in [-0.3, -0.25) is 0 Å². The van der Waals surface area contributed by atoms with Crippen LogP contribution < -0.4 is 10.4 Å². The second-order valence-corrected chi connectivity index (χ2v) is 9.14. The van der Waals surface area contributed by atoms with Crippen LogP contribution in [-0.4, -0.2) is 46.0 Å². The maximum absolute atomic E-state index is 5.59. The first-order valence-corrected chi connectivity index (χ1v) is 11.2. The van der Waals surface area contributed by atoms with Gasteiger partial charge in [0.1, 0.15) is 0 Å². The molecule has 0 heterocycles. The molecule has 6 heteroatoms. The fraction of sp³-hybridized carbons (Fsp3) is 0.333. The van der Waals surface area contributed by atoms with Crippen molar-refractivity contribution in [3.63, 3.8) is 0 Å². The average molecular weight is 365 g/mol. The van der Waals surface area contributed by atoms with Gasteiger partial charge in [0.25, 0.3) is 0 Å². The molecule has 2 rings (SSSR count). The van der Waals surface area contributed by atoms with E-state index in [0.29, 0.717) is 0 Å². The molecular formula is C18H28O4Si2. The quantitative estimate of drug-likeness (QED) is 0.667. The summed E-state index contributed by atoms with van der Waals surface area (Å²) in [6.45, 7) is 5.46. The molecule has 0 aliphatic carbocycles. The lowest BCUT2D eigenvalue weighted by Crippen LogP contribution is -2.36. The highest BCUT2D eigenvalue weighted by molar-refractivity contribution is 6.61. The van der Waals surface area contributed by atoms with Gasteiger partial charge in [-0.25, -0.2) is 0 Å². The van der Waals surface area contributed by atoms with Crippen molar-refractivity contribution in [2.75, 3.05) is 27.4 Å². The maximum atomic E-state index is 5.59. The van der Waals surface area contributed by atoms with Crippen molar-refractivity contribution in [2.24, 2.45) is 0 Å². The maximum Gasteiger partial charge on any atom is 0.355 e. The molecule has 0 saturated heterocycles. The highest BCUT2D eigenvalue weighted by Crippen LogP contribution is 1.93. The van der Waals surface area contributed by atoms with Gasteiger partial charge in [0.15, 0.2) is 0 Å². The number of hydrogen-bond donors (Lipinski definition) is 0. The second kappa shape index (κ2) is 13.1. The Kier molecular flexibility index (Phi) is 11.3. The van der Waals surface area contributed by atoms with Gasteiger partial charge in [-0.15, -0.1) is 0 Å². The summed E-state index contributed by atoms with van der Waals surface area (Å²) in [5, 5.41) is 2.39. The molecule has 132 valence electrons. The molecule has 0 radical (unpaired) electrons. The predicted molar refractivity (Wildman–Crippen MR) is 104 cm³/mol. The largest absolute Gasteiger partial charge is 0.397 e. The van der Waals surface area contributed by atoms with Crippen molar-refractivity contribution < 1.29 is 17.7 Å². The van der Waals surface area contributed by atoms with Crippen LogP contribution in [0.2, 0.25) is 0 Å². The molecule has 2 aromatic rings. The summed E-state index contributed by atoms with van der Waals surface area (Å²) in [7, 11) is 0.233. The van der Waals surface area contributed by atoms with E-state index in [0.717, 1.165) is 13.2 Å². The molecule has 0 aliphatic rings. The predicted octanol–water partition coefficient (Wildman–Crippen LogP) is 1.59. The minimum absolute atomic E-state index is 0.728. The van der Waals surface area contributed by atoms with Crippen LogP contribution in [0.4, 0.5) is 0 Å². The van der Waals surface area contributed by atoms with Crippen LogP contribution in [0.5, 0.6) is 0 Å². The van der Waals surface area contributed by atoms with E-state index in [1.807, 2.05) is 62.4 Å². The van der Waals surface area contributed by atoms with Gasteiger partial charge >= 0.3 is 18.6 Å². The lowest BCUT2D eigenvalue weighted by atomic mass is 10.4. The fourth-order valence-corrected chi connectivity index (χ4v) is 5.03. The van der Waals surface area contributed by atoms with Gasteiger partial charge in [-0.05, 0) is 24.2 Å². The first-order valence-electron chi connectivity index (χ1n) is 8.15. The normalized spacial score (nSPS) is 10.6. The molecule has 0 atom stereocenters. The topological polar surface area (TPSA) is 36.9 Å². The molecule has 0 unspecified atom stereocenters. The number of benzene rings is 2. The second-order valence-electron chi connectivity index (χ2n) is 4.87.